The third-order valence-corrected chi connectivity index (χ3v) is 4.44. The van der Waals surface area contributed by atoms with Crippen LogP contribution in [0.25, 0.3) is 0 Å². The third-order valence-electron chi connectivity index (χ3n) is 4.44. The fourth-order valence-electron chi connectivity index (χ4n) is 3.36. The summed E-state index contributed by atoms with van der Waals surface area (Å²) < 4.78 is 0. The van der Waals surface area contributed by atoms with E-state index < -0.39 is 0 Å². The highest BCUT2D eigenvalue weighted by molar-refractivity contribution is 6.05. The Labute approximate surface area is 124 Å². The Bertz CT molecular complexity index is 536. The average Bonchev–Trinajstić information content (AvgIpc) is 3.06. The smallest absolute Gasteiger partial charge is 0.233 e. The van der Waals surface area contributed by atoms with Gasteiger partial charge in [-0.1, -0.05) is 19.4 Å². The van der Waals surface area contributed by atoms with E-state index in [1.54, 1.807) is 6.20 Å². The monoisotopic (exact) mass is 287 g/mol. The van der Waals surface area contributed by atoms with E-state index in [1.165, 1.54) is 4.90 Å². The van der Waals surface area contributed by atoms with Gasteiger partial charge in [-0.2, -0.15) is 0 Å². The number of nitrogens with zero attached hydrogens (tertiary/aromatic N) is 2. The summed E-state index contributed by atoms with van der Waals surface area (Å²) in [4.78, 5) is 30.5. The van der Waals surface area contributed by atoms with Gasteiger partial charge in [-0.05, 0) is 25.3 Å². The van der Waals surface area contributed by atoms with Gasteiger partial charge in [0.15, 0.2) is 0 Å². The van der Waals surface area contributed by atoms with Crippen molar-refractivity contribution < 1.29 is 9.59 Å². The number of carbonyl (C=O) groups excluding carboxylic acids is 2. The average molecular weight is 287 g/mol. The van der Waals surface area contributed by atoms with E-state index >= 15 is 0 Å². The first-order chi connectivity index (χ1) is 10.2. The fraction of sp³-hybridized carbons (Fsp3) is 0.562. The van der Waals surface area contributed by atoms with Gasteiger partial charge in [-0.25, -0.2) is 4.98 Å². The van der Waals surface area contributed by atoms with Gasteiger partial charge in [-0.15, -0.1) is 0 Å². The lowest BCUT2D eigenvalue weighted by Crippen LogP contribution is -2.31. The van der Waals surface area contributed by atoms with E-state index in [9.17, 15) is 9.59 Å². The summed E-state index contributed by atoms with van der Waals surface area (Å²) in [5, 5.41) is 3.26. The number of pyridine rings is 1. The van der Waals surface area contributed by atoms with Crippen LogP contribution in [0.2, 0.25) is 0 Å². The molecular formula is C16H21N3O2. The zero-order chi connectivity index (χ0) is 14.8. The molecule has 2 amide bonds. The van der Waals surface area contributed by atoms with Crippen molar-refractivity contribution in [1.29, 1.82) is 0 Å². The molecule has 2 aliphatic rings. The molecule has 5 heteroatoms. The maximum absolute atomic E-state index is 12.4. The molecule has 1 aliphatic heterocycles. The van der Waals surface area contributed by atoms with Crippen LogP contribution in [-0.2, 0) is 16.1 Å². The molecule has 112 valence electrons. The van der Waals surface area contributed by atoms with E-state index in [0.717, 1.165) is 43.6 Å². The van der Waals surface area contributed by atoms with Gasteiger partial charge in [0, 0.05) is 18.3 Å². The van der Waals surface area contributed by atoms with Crippen molar-refractivity contribution in [3.63, 3.8) is 0 Å². The van der Waals surface area contributed by atoms with Gasteiger partial charge in [0.2, 0.25) is 11.8 Å². The zero-order valence-electron chi connectivity index (χ0n) is 12.3. The topological polar surface area (TPSA) is 62.3 Å². The Kier molecular flexibility index (Phi) is 3.90. The largest absolute Gasteiger partial charge is 0.370 e. The molecule has 1 saturated heterocycles. The normalized spacial score (nSPS) is 24.5. The molecule has 2 unspecified atom stereocenters. The lowest BCUT2D eigenvalue weighted by Gasteiger charge is -2.18. The maximum atomic E-state index is 12.4. The summed E-state index contributed by atoms with van der Waals surface area (Å²) in [6.45, 7) is 3.26. The highest BCUT2D eigenvalue weighted by Crippen LogP contribution is 2.40. The SMILES string of the molecule is CCCNc1ncccc1CN1C(=O)C2CCCC2C1=O. The molecule has 1 saturated carbocycles. The quantitative estimate of drug-likeness (QED) is 0.843. The number of amides is 2. The molecule has 0 bridgehead atoms. The molecule has 1 aromatic heterocycles. The number of rotatable bonds is 5. The van der Waals surface area contributed by atoms with Crippen LogP contribution in [0.1, 0.15) is 38.2 Å². The van der Waals surface area contributed by atoms with Gasteiger partial charge in [0.1, 0.15) is 5.82 Å². The number of nitrogens with one attached hydrogen (secondary N) is 1. The van der Waals surface area contributed by atoms with E-state index in [0.29, 0.717) is 6.54 Å². The molecule has 21 heavy (non-hydrogen) atoms. The second-order valence-electron chi connectivity index (χ2n) is 5.84. The van der Waals surface area contributed by atoms with Crippen molar-refractivity contribution in [3.05, 3.63) is 23.9 Å². The Balaban J connectivity index is 1.78. The number of aromatic nitrogens is 1. The van der Waals surface area contributed by atoms with Gasteiger partial charge in [0.25, 0.3) is 0 Å². The number of hydrogen-bond acceptors (Lipinski definition) is 4. The molecule has 2 atom stereocenters. The summed E-state index contributed by atoms with van der Waals surface area (Å²) in [5.74, 6) is 0.653. The van der Waals surface area contributed by atoms with Crippen LogP contribution in [-0.4, -0.2) is 28.2 Å². The predicted molar refractivity (Wildman–Crippen MR) is 79.4 cm³/mol. The highest BCUT2D eigenvalue weighted by atomic mass is 16.2. The van der Waals surface area contributed by atoms with Crippen molar-refractivity contribution in [3.8, 4) is 0 Å². The molecule has 1 aromatic rings. The number of likely N-dealkylation sites (tertiary alicyclic amines) is 1. The molecular weight excluding hydrogens is 266 g/mol. The summed E-state index contributed by atoms with van der Waals surface area (Å²) in [6.07, 6.45) is 5.45. The first-order valence-corrected chi connectivity index (χ1v) is 7.75. The number of hydrogen-bond donors (Lipinski definition) is 1. The second kappa shape index (κ2) is 5.84. The van der Waals surface area contributed by atoms with Crippen LogP contribution in [0.4, 0.5) is 5.82 Å². The molecule has 3 rings (SSSR count). The molecule has 2 fully saturated rings. The zero-order valence-corrected chi connectivity index (χ0v) is 12.3. The Morgan fingerprint density at radius 3 is 2.67 bits per heavy atom. The minimum atomic E-state index is -0.0683. The standard InChI is InChI=1S/C16H21N3O2/c1-2-8-17-14-11(5-4-9-18-14)10-19-15(20)12-6-3-7-13(12)16(19)21/h4-5,9,12-13H,2-3,6-8,10H2,1H3,(H,17,18). The second-order valence-corrected chi connectivity index (χ2v) is 5.84. The molecule has 0 radical (unpaired) electrons. The lowest BCUT2D eigenvalue weighted by atomic mass is 10.00. The Hall–Kier alpha value is -1.91. The van der Waals surface area contributed by atoms with Crippen LogP contribution < -0.4 is 5.32 Å². The van der Waals surface area contributed by atoms with Crippen molar-refractivity contribution in [2.45, 2.75) is 39.2 Å². The summed E-state index contributed by atoms with van der Waals surface area (Å²) in [6, 6.07) is 3.78. The van der Waals surface area contributed by atoms with Crippen molar-refractivity contribution in [2.75, 3.05) is 11.9 Å². The fourth-order valence-corrected chi connectivity index (χ4v) is 3.36. The predicted octanol–water partition coefficient (Wildman–Crippen LogP) is 2.19. The van der Waals surface area contributed by atoms with Crippen molar-refractivity contribution >= 4 is 17.6 Å². The number of fused-ring (bicyclic) bond motifs is 1. The molecule has 0 spiro atoms. The molecule has 5 nitrogen and oxygen atoms in total. The van der Waals surface area contributed by atoms with Crippen LogP contribution in [0.3, 0.4) is 0 Å². The Morgan fingerprint density at radius 2 is 2.00 bits per heavy atom. The minimum Gasteiger partial charge on any atom is -0.370 e. The van der Waals surface area contributed by atoms with Crippen LogP contribution in [0.15, 0.2) is 18.3 Å². The van der Waals surface area contributed by atoms with E-state index in [2.05, 4.69) is 17.2 Å². The van der Waals surface area contributed by atoms with Gasteiger partial charge in [-0.3, -0.25) is 14.5 Å². The molecule has 0 aromatic carbocycles. The number of anilines is 1. The minimum absolute atomic E-state index is 0.00722. The van der Waals surface area contributed by atoms with Crippen LogP contribution >= 0.6 is 0 Å². The lowest BCUT2D eigenvalue weighted by molar-refractivity contribution is -0.141. The van der Waals surface area contributed by atoms with E-state index in [1.807, 2.05) is 12.1 Å². The first kappa shape index (κ1) is 14.0. The van der Waals surface area contributed by atoms with E-state index in [4.69, 9.17) is 0 Å². The summed E-state index contributed by atoms with van der Waals surface area (Å²) in [5.41, 5.74) is 0.910. The van der Waals surface area contributed by atoms with Gasteiger partial charge in [0.05, 0.1) is 18.4 Å². The third kappa shape index (κ3) is 2.52. The summed E-state index contributed by atoms with van der Waals surface area (Å²) >= 11 is 0. The van der Waals surface area contributed by atoms with Crippen molar-refractivity contribution in [2.24, 2.45) is 11.8 Å². The molecule has 1 aliphatic carbocycles. The summed E-state index contributed by atoms with van der Waals surface area (Å²) in [7, 11) is 0. The molecule has 1 N–H and O–H groups in total. The van der Waals surface area contributed by atoms with Gasteiger partial charge < -0.3 is 5.32 Å². The Morgan fingerprint density at radius 1 is 1.29 bits per heavy atom. The maximum Gasteiger partial charge on any atom is 0.233 e. The first-order valence-electron chi connectivity index (χ1n) is 7.75. The molecule has 2 heterocycles. The van der Waals surface area contributed by atoms with Crippen LogP contribution in [0, 0.1) is 11.8 Å². The van der Waals surface area contributed by atoms with Gasteiger partial charge >= 0.3 is 0 Å². The number of imide groups is 1. The number of carbonyl (C=O) groups is 2. The highest BCUT2D eigenvalue weighted by Gasteiger charge is 2.49. The van der Waals surface area contributed by atoms with Crippen molar-refractivity contribution in [1.82, 2.24) is 9.88 Å². The van der Waals surface area contributed by atoms with E-state index in [-0.39, 0.29) is 23.7 Å². The van der Waals surface area contributed by atoms with Crippen LogP contribution in [0.5, 0.6) is 0 Å².